The summed E-state index contributed by atoms with van der Waals surface area (Å²) in [5.41, 5.74) is 3.03. The third kappa shape index (κ3) is 4.64. The van der Waals surface area contributed by atoms with Gasteiger partial charge in [-0.3, -0.25) is 14.6 Å². The zero-order valence-electron chi connectivity index (χ0n) is 15.4. The number of anilines is 1. The molecule has 0 spiro atoms. The lowest BCUT2D eigenvalue weighted by Gasteiger charge is -2.37. The first-order valence-electron chi connectivity index (χ1n) is 9.11. The molecule has 1 aliphatic rings. The number of amides is 1. The number of rotatable bonds is 5. The summed E-state index contributed by atoms with van der Waals surface area (Å²) in [5.74, 6) is 0.0203. The number of hydrogen-bond acceptors (Lipinski definition) is 3. The third-order valence-electron chi connectivity index (χ3n) is 5.11. The van der Waals surface area contributed by atoms with Gasteiger partial charge in [0.25, 0.3) is 0 Å². The Morgan fingerprint density at radius 1 is 1.08 bits per heavy atom. The summed E-state index contributed by atoms with van der Waals surface area (Å²) in [4.78, 5) is 17.3. The Kier molecular flexibility index (Phi) is 6.30. The molecule has 26 heavy (non-hydrogen) atoms. The van der Waals surface area contributed by atoms with Crippen LogP contribution >= 0.6 is 11.6 Å². The van der Waals surface area contributed by atoms with Crippen molar-refractivity contribution in [1.82, 2.24) is 9.80 Å². The van der Waals surface area contributed by atoms with Gasteiger partial charge in [0.05, 0.1) is 6.04 Å². The van der Waals surface area contributed by atoms with E-state index in [1.165, 1.54) is 5.56 Å². The molecule has 2 aromatic rings. The molecule has 0 radical (unpaired) electrons. The van der Waals surface area contributed by atoms with Crippen molar-refractivity contribution in [3.05, 3.63) is 64.7 Å². The molecule has 4 nitrogen and oxygen atoms in total. The topological polar surface area (TPSA) is 35.6 Å². The normalized spacial score (nSPS) is 17.0. The van der Waals surface area contributed by atoms with Crippen molar-refractivity contribution in [2.45, 2.75) is 26.4 Å². The number of nitrogens with one attached hydrogen (secondary N) is 1. The largest absolute Gasteiger partial charge is 0.324 e. The molecule has 2 aromatic carbocycles. The number of benzene rings is 2. The Morgan fingerprint density at radius 2 is 1.77 bits per heavy atom. The molecule has 0 bridgehead atoms. The number of hydrogen-bond donors (Lipinski definition) is 1. The molecular weight excluding hydrogens is 346 g/mol. The SMILES string of the molecule is Cc1c(Cl)cccc1NC(=O)C(C)N1CCN(Cc2ccccc2)CC1. The van der Waals surface area contributed by atoms with E-state index < -0.39 is 0 Å². The zero-order chi connectivity index (χ0) is 18.5. The first-order chi connectivity index (χ1) is 12.5. The average molecular weight is 372 g/mol. The molecule has 0 aliphatic carbocycles. The van der Waals surface area contributed by atoms with Crippen LogP contribution in [0.15, 0.2) is 48.5 Å². The molecule has 3 rings (SSSR count). The summed E-state index contributed by atoms with van der Waals surface area (Å²) in [6.45, 7) is 8.61. The molecule has 1 aliphatic heterocycles. The maximum absolute atomic E-state index is 12.6. The summed E-state index contributed by atoms with van der Waals surface area (Å²) >= 11 is 6.14. The first-order valence-corrected chi connectivity index (χ1v) is 9.48. The highest BCUT2D eigenvalue weighted by Gasteiger charge is 2.25. The van der Waals surface area contributed by atoms with Crippen molar-refractivity contribution in [2.75, 3.05) is 31.5 Å². The van der Waals surface area contributed by atoms with Gasteiger partial charge >= 0.3 is 0 Å². The van der Waals surface area contributed by atoms with Gasteiger partial charge in [0.1, 0.15) is 0 Å². The summed E-state index contributed by atoms with van der Waals surface area (Å²) in [6, 6.07) is 16.0. The van der Waals surface area contributed by atoms with Gasteiger partial charge in [0.15, 0.2) is 0 Å². The summed E-state index contributed by atoms with van der Waals surface area (Å²) in [5, 5.41) is 3.69. The lowest BCUT2D eigenvalue weighted by molar-refractivity contribution is -0.121. The predicted octanol–water partition coefficient (Wildman–Crippen LogP) is 3.79. The standard InChI is InChI=1S/C21H26ClN3O/c1-16-19(22)9-6-10-20(16)23-21(26)17(2)25-13-11-24(12-14-25)15-18-7-4-3-5-8-18/h3-10,17H,11-15H2,1-2H3,(H,23,26). The van der Waals surface area contributed by atoms with Gasteiger partial charge in [-0.05, 0) is 37.1 Å². The second kappa shape index (κ2) is 8.67. The quantitative estimate of drug-likeness (QED) is 0.868. The Labute approximate surface area is 160 Å². The second-order valence-corrected chi connectivity index (χ2v) is 7.28. The maximum Gasteiger partial charge on any atom is 0.241 e. The Hall–Kier alpha value is -1.88. The molecule has 5 heteroatoms. The fourth-order valence-corrected chi connectivity index (χ4v) is 3.47. The van der Waals surface area contributed by atoms with Gasteiger partial charge in [-0.2, -0.15) is 0 Å². The predicted molar refractivity (Wildman–Crippen MR) is 108 cm³/mol. The van der Waals surface area contributed by atoms with Crippen LogP contribution in [0.3, 0.4) is 0 Å². The van der Waals surface area contributed by atoms with E-state index in [9.17, 15) is 4.79 Å². The summed E-state index contributed by atoms with van der Waals surface area (Å²) in [6.07, 6.45) is 0. The Balaban J connectivity index is 1.52. The molecule has 0 aromatic heterocycles. The van der Waals surface area contributed by atoms with Crippen molar-refractivity contribution >= 4 is 23.2 Å². The van der Waals surface area contributed by atoms with Crippen molar-refractivity contribution < 1.29 is 4.79 Å². The maximum atomic E-state index is 12.6. The van der Waals surface area contributed by atoms with Gasteiger partial charge in [-0.25, -0.2) is 0 Å². The molecule has 1 atom stereocenters. The lowest BCUT2D eigenvalue weighted by Crippen LogP contribution is -2.52. The van der Waals surface area contributed by atoms with Crippen LogP contribution in [0.1, 0.15) is 18.1 Å². The van der Waals surface area contributed by atoms with Crippen molar-refractivity contribution in [3.8, 4) is 0 Å². The molecule has 1 heterocycles. The number of nitrogens with zero attached hydrogens (tertiary/aromatic N) is 2. The molecule has 1 saturated heterocycles. The van der Waals surface area contributed by atoms with Gasteiger partial charge in [0, 0.05) is 43.4 Å². The van der Waals surface area contributed by atoms with Gasteiger partial charge in [0.2, 0.25) is 5.91 Å². The minimum atomic E-state index is -0.160. The van der Waals surface area contributed by atoms with Gasteiger partial charge in [-0.1, -0.05) is 48.0 Å². The van der Waals surface area contributed by atoms with E-state index in [2.05, 4.69) is 39.4 Å². The van der Waals surface area contributed by atoms with Crippen molar-refractivity contribution in [3.63, 3.8) is 0 Å². The zero-order valence-corrected chi connectivity index (χ0v) is 16.2. The minimum absolute atomic E-state index is 0.0203. The van der Waals surface area contributed by atoms with Crippen LogP contribution in [0.25, 0.3) is 0 Å². The van der Waals surface area contributed by atoms with E-state index in [0.717, 1.165) is 44.0 Å². The number of carbonyl (C=O) groups is 1. The van der Waals surface area contributed by atoms with Crippen LogP contribution in [-0.2, 0) is 11.3 Å². The highest BCUT2D eigenvalue weighted by molar-refractivity contribution is 6.31. The van der Waals surface area contributed by atoms with Crippen molar-refractivity contribution in [2.24, 2.45) is 0 Å². The average Bonchev–Trinajstić information content (AvgIpc) is 2.66. The number of piperazine rings is 1. The van der Waals surface area contributed by atoms with Crippen LogP contribution in [0.2, 0.25) is 5.02 Å². The van der Waals surface area contributed by atoms with Crippen LogP contribution in [0.5, 0.6) is 0 Å². The van der Waals surface area contributed by atoms with Crippen LogP contribution in [0.4, 0.5) is 5.69 Å². The second-order valence-electron chi connectivity index (χ2n) is 6.88. The number of carbonyl (C=O) groups excluding carboxylic acids is 1. The highest BCUT2D eigenvalue weighted by Crippen LogP contribution is 2.23. The number of halogens is 1. The van der Waals surface area contributed by atoms with E-state index in [4.69, 9.17) is 11.6 Å². The third-order valence-corrected chi connectivity index (χ3v) is 5.52. The molecule has 138 valence electrons. The Bertz CT molecular complexity index is 742. The molecule has 1 N–H and O–H groups in total. The van der Waals surface area contributed by atoms with E-state index in [0.29, 0.717) is 5.02 Å². The van der Waals surface area contributed by atoms with Crippen LogP contribution in [-0.4, -0.2) is 47.9 Å². The smallest absolute Gasteiger partial charge is 0.241 e. The molecule has 1 amide bonds. The molecule has 0 saturated carbocycles. The van der Waals surface area contributed by atoms with Crippen LogP contribution in [0, 0.1) is 6.92 Å². The molecule has 1 unspecified atom stereocenters. The Morgan fingerprint density at radius 3 is 2.46 bits per heavy atom. The van der Waals surface area contributed by atoms with Crippen molar-refractivity contribution in [1.29, 1.82) is 0 Å². The monoisotopic (exact) mass is 371 g/mol. The van der Waals surface area contributed by atoms with E-state index in [-0.39, 0.29) is 11.9 Å². The fourth-order valence-electron chi connectivity index (χ4n) is 3.30. The molecule has 1 fully saturated rings. The minimum Gasteiger partial charge on any atom is -0.324 e. The van der Waals surface area contributed by atoms with Gasteiger partial charge in [-0.15, -0.1) is 0 Å². The van der Waals surface area contributed by atoms with Gasteiger partial charge < -0.3 is 5.32 Å². The fraction of sp³-hybridized carbons (Fsp3) is 0.381. The van der Waals surface area contributed by atoms with Crippen LogP contribution < -0.4 is 5.32 Å². The highest BCUT2D eigenvalue weighted by atomic mass is 35.5. The molecular formula is C21H26ClN3O. The van der Waals surface area contributed by atoms with E-state index >= 15 is 0 Å². The van der Waals surface area contributed by atoms with E-state index in [1.54, 1.807) is 0 Å². The lowest BCUT2D eigenvalue weighted by atomic mass is 10.1. The first kappa shape index (κ1) is 18.9. The summed E-state index contributed by atoms with van der Waals surface area (Å²) < 4.78 is 0. The summed E-state index contributed by atoms with van der Waals surface area (Å²) in [7, 11) is 0. The van der Waals surface area contributed by atoms with E-state index in [1.807, 2.05) is 38.1 Å².